The summed E-state index contributed by atoms with van der Waals surface area (Å²) >= 11 is 0. The number of quaternary nitrogens is 1. The Kier molecular flexibility index (Phi) is 36.0. The second-order valence-corrected chi connectivity index (χ2v) is 15.4. The molecular formula is C48H79NO7. The monoisotopic (exact) mass is 782 g/mol. The zero-order chi connectivity index (χ0) is 41.4. The first kappa shape index (κ1) is 52.5. The van der Waals surface area contributed by atoms with Gasteiger partial charge in [0.15, 0.2) is 6.10 Å². The van der Waals surface area contributed by atoms with Crippen molar-refractivity contribution in [2.75, 3.05) is 41.0 Å². The summed E-state index contributed by atoms with van der Waals surface area (Å²) in [5.41, 5.74) is 0. The molecule has 0 aliphatic rings. The Balaban J connectivity index is 4.49. The van der Waals surface area contributed by atoms with Crippen LogP contribution in [0.4, 0.5) is 0 Å². The van der Waals surface area contributed by atoms with E-state index in [1.165, 1.54) is 64.2 Å². The molecule has 0 fully saturated rings. The first-order valence-electron chi connectivity index (χ1n) is 21.7. The van der Waals surface area contributed by atoms with Crippen LogP contribution in [0.15, 0.2) is 85.1 Å². The van der Waals surface area contributed by atoms with Gasteiger partial charge in [-0.3, -0.25) is 9.59 Å². The number of carboxylic acids is 1. The van der Waals surface area contributed by atoms with E-state index in [1.54, 1.807) is 21.1 Å². The zero-order valence-corrected chi connectivity index (χ0v) is 36.0. The second kappa shape index (κ2) is 38.4. The zero-order valence-electron chi connectivity index (χ0n) is 36.0. The normalized spacial score (nSPS) is 13.8. The van der Waals surface area contributed by atoms with Crippen molar-refractivity contribution in [3.63, 3.8) is 0 Å². The highest BCUT2D eigenvalue weighted by Gasteiger charge is 2.25. The quantitative estimate of drug-likeness (QED) is 0.0268. The number of hydrogen-bond acceptors (Lipinski definition) is 7. The average molecular weight is 782 g/mol. The van der Waals surface area contributed by atoms with Gasteiger partial charge in [-0.15, -0.1) is 0 Å². The van der Waals surface area contributed by atoms with Crippen LogP contribution in [0.25, 0.3) is 0 Å². The van der Waals surface area contributed by atoms with E-state index in [9.17, 15) is 19.5 Å². The molecule has 0 aromatic heterocycles. The minimum Gasteiger partial charge on any atom is -0.544 e. The van der Waals surface area contributed by atoms with E-state index in [-0.39, 0.29) is 49.1 Å². The predicted octanol–water partition coefficient (Wildman–Crippen LogP) is 10.4. The summed E-state index contributed by atoms with van der Waals surface area (Å²) in [6.07, 6.45) is 48.8. The molecule has 0 saturated carbocycles. The van der Waals surface area contributed by atoms with Crippen LogP contribution in [0, 0.1) is 0 Å². The minimum absolute atomic E-state index is 0.0182. The molecule has 2 unspecified atom stereocenters. The Morgan fingerprint density at radius 1 is 0.554 bits per heavy atom. The molecule has 0 aliphatic heterocycles. The molecule has 8 heteroatoms. The van der Waals surface area contributed by atoms with Crippen LogP contribution < -0.4 is 5.11 Å². The molecule has 0 bridgehead atoms. The third-order valence-electron chi connectivity index (χ3n) is 9.24. The lowest BCUT2D eigenvalue weighted by atomic mass is 10.0. The van der Waals surface area contributed by atoms with Crippen LogP contribution >= 0.6 is 0 Å². The molecule has 0 radical (unpaired) electrons. The van der Waals surface area contributed by atoms with Crippen molar-refractivity contribution in [1.29, 1.82) is 0 Å². The molecule has 318 valence electrons. The lowest BCUT2D eigenvalue weighted by Gasteiger charge is -2.34. The van der Waals surface area contributed by atoms with Crippen LogP contribution in [0.3, 0.4) is 0 Å². The van der Waals surface area contributed by atoms with Gasteiger partial charge in [0.25, 0.3) is 0 Å². The number of ether oxygens (including phenoxy) is 3. The van der Waals surface area contributed by atoms with Crippen LogP contribution in [0.5, 0.6) is 0 Å². The van der Waals surface area contributed by atoms with Gasteiger partial charge in [0.2, 0.25) is 0 Å². The van der Waals surface area contributed by atoms with Gasteiger partial charge in [-0.2, -0.15) is 0 Å². The summed E-state index contributed by atoms with van der Waals surface area (Å²) in [5.74, 6) is -1.80. The number of carbonyl (C=O) groups is 3. The summed E-state index contributed by atoms with van der Waals surface area (Å²) in [4.78, 5) is 36.8. The molecule has 0 saturated heterocycles. The highest BCUT2D eigenvalue weighted by molar-refractivity contribution is 5.70. The van der Waals surface area contributed by atoms with Crippen molar-refractivity contribution in [3.8, 4) is 0 Å². The number of unbranched alkanes of at least 4 members (excludes halogenated alkanes) is 15. The first-order valence-corrected chi connectivity index (χ1v) is 21.7. The number of carboxylic acid groups (broad SMARTS) is 1. The maximum atomic E-state index is 12.7. The van der Waals surface area contributed by atoms with Gasteiger partial charge >= 0.3 is 11.9 Å². The number of hydrogen-bond donors (Lipinski definition) is 0. The third kappa shape index (κ3) is 36.2. The molecule has 0 aliphatic carbocycles. The largest absolute Gasteiger partial charge is 0.544 e. The second-order valence-electron chi connectivity index (χ2n) is 15.4. The standard InChI is InChI=1S/C48H79NO7/c1-6-8-10-12-14-16-18-20-21-22-23-24-25-27-29-31-33-35-37-39-47(51)56-44(42-54-41-40-45(48(52)53)49(3,4)5)43-55-46(50)38-36-34-32-30-28-26-19-17-15-13-11-9-7-2/h8,10,12,14,16,18,20-25,27,29,44-45H,6-7,9,11,13,15,17,19,26,28,30-43H2,1-5H3/b10-8+,14-12+,18-16+,21-20+,23-22+,25-24+,29-27+. The van der Waals surface area contributed by atoms with Gasteiger partial charge in [0.05, 0.1) is 40.3 Å². The van der Waals surface area contributed by atoms with Crippen molar-refractivity contribution < 1.29 is 38.2 Å². The Bertz CT molecular complexity index is 1190. The fourth-order valence-corrected chi connectivity index (χ4v) is 5.88. The summed E-state index contributed by atoms with van der Waals surface area (Å²) in [6, 6.07) is -0.738. The fourth-order valence-electron chi connectivity index (χ4n) is 5.88. The average Bonchev–Trinajstić information content (AvgIpc) is 3.15. The molecule has 2 atom stereocenters. The molecule has 0 amide bonds. The topological polar surface area (TPSA) is 102 Å². The number of esters is 2. The van der Waals surface area contributed by atoms with Crippen molar-refractivity contribution in [2.45, 2.75) is 161 Å². The van der Waals surface area contributed by atoms with E-state index in [1.807, 2.05) is 72.9 Å². The predicted molar refractivity (Wildman–Crippen MR) is 231 cm³/mol. The molecular weight excluding hydrogens is 703 g/mol. The fraction of sp³-hybridized carbons (Fsp3) is 0.646. The van der Waals surface area contributed by atoms with E-state index in [0.29, 0.717) is 12.8 Å². The molecule has 0 rings (SSSR count). The highest BCUT2D eigenvalue weighted by atomic mass is 16.6. The SMILES string of the molecule is CC/C=C/C=C/C=C/C=C/C=C/C=C/C=C/CCCCCC(=O)OC(COCCC(C(=O)[O-])[N+](C)(C)C)COC(=O)CCCCCCCCCCCCCCC. The van der Waals surface area contributed by atoms with E-state index < -0.39 is 18.1 Å². The summed E-state index contributed by atoms with van der Waals surface area (Å²) < 4.78 is 17.1. The Labute approximate surface area is 342 Å². The van der Waals surface area contributed by atoms with E-state index in [2.05, 4.69) is 26.0 Å². The molecule has 8 nitrogen and oxygen atoms in total. The van der Waals surface area contributed by atoms with Gasteiger partial charge in [-0.1, -0.05) is 182 Å². The maximum absolute atomic E-state index is 12.7. The van der Waals surface area contributed by atoms with Gasteiger partial charge in [-0.05, 0) is 32.1 Å². The molecule has 0 N–H and O–H groups in total. The van der Waals surface area contributed by atoms with Gasteiger partial charge in [0, 0.05) is 19.3 Å². The van der Waals surface area contributed by atoms with Gasteiger partial charge in [0.1, 0.15) is 12.6 Å². The Hall–Kier alpha value is -3.49. The van der Waals surface area contributed by atoms with Crippen molar-refractivity contribution in [1.82, 2.24) is 0 Å². The van der Waals surface area contributed by atoms with Crippen molar-refractivity contribution >= 4 is 17.9 Å². The highest BCUT2D eigenvalue weighted by Crippen LogP contribution is 2.14. The van der Waals surface area contributed by atoms with Gasteiger partial charge < -0.3 is 28.6 Å². The third-order valence-corrected chi connectivity index (χ3v) is 9.24. The molecule has 0 aromatic rings. The molecule has 56 heavy (non-hydrogen) atoms. The lowest BCUT2D eigenvalue weighted by molar-refractivity contribution is -0.889. The summed E-state index contributed by atoms with van der Waals surface area (Å²) in [6.45, 7) is 4.45. The molecule has 0 heterocycles. The maximum Gasteiger partial charge on any atom is 0.306 e. The number of allylic oxidation sites excluding steroid dienone is 14. The summed E-state index contributed by atoms with van der Waals surface area (Å²) in [7, 11) is 5.38. The van der Waals surface area contributed by atoms with Crippen LogP contribution in [-0.4, -0.2) is 75.5 Å². The van der Waals surface area contributed by atoms with Crippen LogP contribution in [-0.2, 0) is 28.6 Å². The molecule has 0 aromatic carbocycles. The Morgan fingerprint density at radius 3 is 1.48 bits per heavy atom. The van der Waals surface area contributed by atoms with Crippen molar-refractivity contribution in [3.05, 3.63) is 85.1 Å². The van der Waals surface area contributed by atoms with E-state index in [0.717, 1.165) is 44.9 Å². The minimum atomic E-state index is -1.14. The number of aliphatic carboxylic acids is 1. The van der Waals surface area contributed by atoms with Crippen molar-refractivity contribution in [2.24, 2.45) is 0 Å². The summed E-state index contributed by atoms with van der Waals surface area (Å²) in [5, 5.41) is 11.6. The smallest absolute Gasteiger partial charge is 0.306 e. The van der Waals surface area contributed by atoms with Gasteiger partial charge in [-0.25, -0.2) is 0 Å². The number of carbonyl (C=O) groups excluding carboxylic acids is 3. The first-order chi connectivity index (χ1) is 27.1. The van der Waals surface area contributed by atoms with Crippen LogP contribution in [0.2, 0.25) is 0 Å². The number of likely N-dealkylation sites (N-methyl/N-ethyl adjacent to an activating group) is 1. The lowest BCUT2D eigenvalue weighted by Crippen LogP contribution is -2.55. The number of rotatable bonds is 37. The Morgan fingerprint density at radius 2 is 1.00 bits per heavy atom. The van der Waals surface area contributed by atoms with E-state index >= 15 is 0 Å². The number of nitrogens with zero attached hydrogens (tertiary/aromatic N) is 1. The molecule has 0 spiro atoms. The van der Waals surface area contributed by atoms with E-state index in [4.69, 9.17) is 14.2 Å². The van der Waals surface area contributed by atoms with Crippen LogP contribution in [0.1, 0.15) is 149 Å².